The molecule has 4 heteroatoms. The largest absolute Gasteiger partial charge is 0.208 e. The van der Waals surface area contributed by atoms with Crippen LogP contribution in [-0.2, 0) is 0 Å². The van der Waals surface area contributed by atoms with Crippen LogP contribution in [0.15, 0.2) is 152 Å². The quantitative estimate of drug-likeness (QED) is 0.186. The van der Waals surface area contributed by atoms with Gasteiger partial charge >= 0.3 is 0 Å². The van der Waals surface area contributed by atoms with Gasteiger partial charge in [0.25, 0.3) is 0 Å². The van der Waals surface area contributed by atoms with Crippen molar-refractivity contribution in [3.05, 3.63) is 152 Å². The van der Waals surface area contributed by atoms with Crippen LogP contribution >= 0.6 is 11.3 Å². The van der Waals surface area contributed by atoms with Gasteiger partial charge in [0.1, 0.15) is 0 Å². The van der Waals surface area contributed by atoms with Gasteiger partial charge in [-0.05, 0) is 61.3 Å². The number of aromatic nitrogens is 3. The van der Waals surface area contributed by atoms with Gasteiger partial charge in [-0.25, -0.2) is 15.0 Å². The summed E-state index contributed by atoms with van der Waals surface area (Å²) in [5.41, 5.74) is 2.95. The van der Waals surface area contributed by atoms with Crippen LogP contribution in [0, 0.1) is 0 Å². The molecule has 0 amide bonds. The monoisotopic (exact) mass is 615 g/mol. The summed E-state index contributed by atoms with van der Waals surface area (Å²) in [5, 5.41) is 12.4. The first-order chi connectivity index (χ1) is 23.3. The zero-order chi connectivity index (χ0) is 30.9. The average molecular weight is 616 g/mol. The highest BCUT2D eigenvalue weighted by atomic mass is 32.1. The molecule has 0 aliphatic heterocycles. The zero-order valence-electron chi connectivity index (χ0n) is 25.2. The van der Waals surface area contributed by atoms with Gasteiger partial charge in [0.15, 0.2) is 17.5 Å². The highest BCUT2D eigenvalue weighted by Crippen LogP contribution is 2.40. The molecule has 0 fully saturated rings. The Bertz CT molecular complexity index is 2850. The van der Waals surface area contributed by atoms with Crippen molar-refractivity contribution in [2.75, 3.05) is 0 Å². The van der Waals surface area contributed by atoms with Crippen molar-refractivity contribution in [2.45, 2.75) is 0 Å². The van der Waals surface area contributed by atoms with Crippen molar-refractivity contribution in [3.8, 4) is 34.2 Å². The smallest absolute Gasteiger partial charge is 0.165 e. The third kappa shape index (κ3) is 4.16. The lowest BCUT2D eigenvalue weighted by Crippen LogP contribution is -2.00. The standard InChI is InChI=1S/C43H25N3S/c1-2-10-29(11-3-1)41-44-42(46-43(45-41)36-15-8-14-35-33-13-6-7-16-38(33)47-40(35)36)30-20-18-27-17-19-28-22-23-32-31-12-5-4-9-26(31)21-24-34(32)39(28)37(27)25-30/h1-25H. The fraction of sp³-hybridized carbons (Fsp3) is 0. The summed E-state index contributed by atoms with van der Waals surface area (Å²) in [6.07, 6.45) is 0. The minimum absolute atomic E-state index is 0.663. The predicted molar refractivity (Wildman–Crippen MR) is 199 cm³/mol. The summed E-state index contributed by atoms with van der Waals surface area (Å²) in [5.74, 6) is 2.01. The molecule has 2 aromatic heterocycles. The molecule has 0 saturated carbocycles. The number of hydrogen-bond donors (Lipinski definition) is 0. The predicted octanol–water partition coefficient (Wildman–Crippen LogP) is 11.9. The molecule has 0 atom stereocenters. The van der Waals surface area contributed by atoms with E-state index in [2.05, 4.69) is 133 Å². The minimum Gasteiger partial charge on any atom is -0.208 e. The van der Waals surface area contributed by atoms with Gasteiger partial charge in [0, 0.05) is 36.9 Å². The molecule has 218 valence electrons. The van der Waals surface area contributed by atoms with E-state index in [0.29, 0.717) is 17.5 Å². The molecule has 47 heavy (non-hydrogen) atoms. The van der Waals surface area contributed by atoms with Gasteiger partial charge in [-0.2, -0.15) is 0 Å². The molecule has 10 aromatic rings. The number of rotatable bonds is 3. The lowest BCUT2D eigenvalue weighted by molar-refractivity contribution is 1.08. The third-order valence-corrected chi connectivity index (χ3v) is 10.5. The van der Waals surface area contributed by atoms with E-state index in [9.17, 15) is 0 Å². The molecule has 0 spiro atoms. The van der Waals surface area contributed by atoms with E-state index in [1.165, 1.54) is 63.3 Å². The molecule has 2 heterocycles. The molecule has 0 aliphatic rings. The van der Waals surface area contributed by atoms with Crippen LogP contribution in [0.3, 0.4) is 0 Å². The second kappa shape index (κ2) is 10.3. The van der Waals surface area contributed by atoms with E-state index in [0.717, 1.165) is 16.7 Å². The highest BCUT2D eigenvalue weighted by Gasteiger charge is 2.17. The SMILES string of the molecule is c1ccc(-c2nc(-c3ccc4ccc5ccc6c7ccccc7ccc6c5c4c3)nc(-c3cccc4c3sc3ccccc34)n2)cc1. The summed E-state index contributed by atoms with van der Waals surface area (Å²) in [6, 6.07) is 53.9. The van der Waals surface area contributed by atoms with Gasteiger partial charge in [-0.1, -0.05) is 133 Å². The molecule has 0 bridgehead atoms. The van der Waals surface area contributed by atoms with E-state index in [1.54, 1.807) is 11.3 Å². The molecule has 0 aliphatic carbocycles. The number of nitrogens with zero attached hydrogens (tertiary/aromatic N) is 3. The van der Waals surface area contributed by atoms with Crippen LogP contribution in [0.1, 0.15) is 0 Å². The Kier molecular flexibility index (Phi) is 5.74. The number of thiophene rings is 1. The van der Waals surface area contributed by atoms with Crippen molar-refractivity contribution in [3.63, 3.8) is 0 Å². The van der Waals surface area contributed by atoms with Gasteiger partial charge < -0.3 is 0 Å². The molecular formula is C43H25N3S. The maximum Gasteiger partial charge on any atom is 0.165 e. The topological polar surface area (TPSA) is 38.7 Å². The van der Waals surface area contributed by atoms with Crippen LogP contribution in [0.2, 0.25) is 0 Å². The van der Waals surface area contributed by atoms with Gasteiger partial charge in [0.2, 0.25) is 0 Å². The number of hydrogen-bond acceptors (Lipinski definition) is 4. The minimum atomic E-state index is 0.663. The lowest BCUT2D eigenvalue weighted by atomic mass is 9.93. The zero-order valence-corrected chi connectivity index (χ0v) is 26.0. The van der Waals surface area contributed by atoms with E-state index < -0.39 is 0 Å². The number of benzene rings is 8. The third-order valence-electron chi connectivity index (χ3n) is 9.29. The van der Waals surface area contributed by atoms with Crippen LogP contribution in [0.5, 0.6) is 0 Å². The van der Waals surface area contributed by atoms with Gasteiger partial charge in [0.05, 0.1) is 0 Å². The molecule has 0 N–H and O–H groups in total. The van der Waals surface area contributed by atoms with Crippen molar-refractivity contribution < 1.29 is 0 Å². The Labute approximate surface area is 274 Å². The Morgan fingerprint density at radius 2 is 1.00 bits per heavy atom. The molecule has 3 nitrogen and oxygen atoms in total. The molecule has 0 radical (unpaired) electrons. The first-order valence-electron chi connectivity index (χ1n) is 15.8. The maximum atomic E-state index is 5.19. The summed E-state index contributed by atoms with van der Waals surface area (Å²) in [4.78, 5) is 15.4. The normalized spacial score (nSPS) is 11.8. The second-order valence-corrected chi connectivity index (χ2v) is 13.1. The maximum absolute atomic E-state index is 5.19. The first-order valence-corrected chi connectivity index (χ1v) is 16.6. The Morgan fingerprint density at radius 1 is 0.362 bits per heavy atom. The van der Waals surface area contributed by atoms with E-state index in [1.807, 2.05) is 18.2 Å². The van der Waals surface area contributed by atoms with E-state index >= 15 is 0 Å². The van der Waals surface area contributed by atoms with Gasteiger partial charge in [-0.15, -0.1) is 11.3 Å². The van der Waals surface area contributed by atoms with Crippen LogP contribution in [0.4, 0.5) is 0 Å². The molecule has 10 rings (SSSR count). The van der Waals surface area contributed by atoms with E-state index in [-0.39, 0.29) is 0 Å². The fourth-order valence-electron chi connectivity index (χ4n) is 7.05. The lowest BCUT2D eigenvalue weighted by Gasteiger charge is -2.12. The van der Waals surface area contributed by atoms with Crippen LogP contribution < -0.4 is 0 Å². The van der Waals surface area contributed by atoms with Crippen LogP contribution in [-0.4, -0.2) is 15.0 Å². The Hall–Kier alpha value is -5.97. The second-order valence-electron chi connectivity index (χ2n) is 12.0. The van der Waals surface area contributed by atoms with Crippen molar-refractivity contribution in [2.24, 2.45) is 0 Å². The summed E-state index contributed by atoms with van der Waals surface area (Å²) >= 11 is 1.79. The highest BCUT2D eigenvalue weighted by molar-refractivity contribution is 7.26. The van der Waals surface area contributed by atoms with Crippen molar-refractivity contribution in [1.29, 1.82) is 0 Å². The summed E-state index contributed by atoms with van der Waals surface area (Å²) in [7, 11) is 0. The van der Waals surface area contributed by atoms with E-state index in [4.69, 9.17) is 15.0 Å². The fourth-order valence-corrected chi connectivity index (χ4v) is 8.26. The Morgan fingerprint density at radius 3 is 1.91 bits per heavy atom. The van der Waals surface area contributed by atoms with Crippen LogP contribution in [0.25, 0.3) is 97.4 Å². The average Bonchev–Trinajstić information content (AvgIpc) is 3.53. The molecule has 0 unspecified atom stereocenters. The van der Waals surface area contributed by atoms with Crippen molar-refractivity contribution in [1.82, 2.24) is 15.0 Å². The first kappa shape index (κ1) is 26.3. The summed E-state index contributed by atoms with van der Waals surface area (Å²) in [6.45, 7) is 0. The van der Waals surface area contributed by atoms with Crippen molar-refractivity contribution >= 4 is 74.6 Å². The number of fused-ring (bicyclic) bond motifs is 10. The Balaban J connectivity index is 1.24. The molecule has 0 saturated heterocycles. The molecule has 8 aromatic carbocycles. The van der Waals surface area contributed by atoms with Gasteiger partial charge in [-0.3, -0.25) is 0 Å². The molecular weight excluding hydrogens is 591 g/mol. The summed E-state index contributed by atoms with van der Waals surface area (Å²) < 4.78 is 2.45.